The predicted octanol–water partition coefficient (Wildman–Crippen LogP) is 14.6. The summed E-state index contributed by atoms with van der Waals surface area (Å²) in [4.78, 5) is 22.6. The van der Waals surface area contributed by atoms with E-state index in [1.807, 2.05) is 0 Å². The van der Waals surface area contributed by atoms with Gasteiger partial charge in [-0.05, 0) is 44.9 Å². The van der Waals surface area contributed by atoms with Crippen molar-refractivity contribution in [2.45, 2.75) is 257 Å². The molecular formula is C50H97O9P. The maximum Gasteiger partial charge on any atom is 0.472 e. The van der Waals surface area contributed by atoms with E-state index < -0.39 is 39.2 Å². The second kappa shape index (κ2) is 47.4. The van der Waals surface area contributed by atoms with E-state index in [1.54, 1.807) is 0 Å². The zero-order chi connectivity index (χ0) is 43.9. The largest absolute Gasteiger partial charge is 0.472 e. The first-order valence-electron chi connectivity index (χ1n) is 25.3. The highest BCUT2D eigenvalue weighted by Crippen LogP contribution is 2.43. The summed E-state index contributed by atoms with van der Waals surface area (Å²) in [5.74, 6) is -0.391. The first-order chi connectivity index (χ1) is 29.3. The molecule has 0 aliphatic heterocycles. The van der Waals surface area contributed by atoms with Crippen molar-refractivity contribution >= 4 is 13.8 Å². The topological polar surface area (TPSA) is 132 Å². The van der Waals surface area contributed by atoms with Crippen molar-refractivity contribution in [1.82, 2.24) is 0 Å². The monoisotopic (exact) mass is 873 g/mol. The van der Waals surface area contributed by atoms with Gasteiger partial charge in [0.15, 0.2) is 0 Å². The molecule has 0 saturated heterocycles. The van der Waals surface area contributed by atoms with Crippen molar-refractivity contribution in [3.05, 3.63) is 24.3 Å². The number of phosphoric acid groups is 1. The molecular weight excluding hydrogens is 776 g/mol. The number of rotatable bonds is 49. The molecule has 10 heteroatoms. The lowest BCUT2D eigenvalue weighted by atomic mass is 10.0. The van der Waals surface area contributed by atoms with Crippen molar-refractivity contribution < 1.29 is 43.0 Å². The minimum atomic E-state index is -4.52. The number of unbranched alkanes of at least 4 members (excludes halogenated alkanes) is 31. The van der Waals surface area contributed by atoms with Crippen LogP contribution in [0.5, 0.6) is 0 Å². The van der Waals surface area contributed by atoms with Gasteiger partial charge in [0, 0.05) is 13.0 Å². The molecule has 356 valence electrons. The molecule has 0 aliphatic carbocycles. The van der Waals surface area contributed by atoms with Gasteiger partial charge in [-0.25, -0.2) is 4.57 Å². The Morgan fingerprint density at radius 3 is 1.35 bits per heavy atom. The molecule has 0 rings (SSSR count). The van der Waals surface area contributed by atoms with Crippen LogP contribution in [0.15, 0.2) is 24.3 Å². The van der Waals surface area contributed by atoms with E-state index in [1.165, 1.54) is 167 Å². The fourth-order valence-electron chi connectivity index (χ4n) is 7.27. The average Bonchev–Trinajstić information content (AvgIpc) is 3.24. The molecule has 0 aliphatic rings. The van der Waals surface area contributed by atoms with Crippen LogP contribution in [0.2, 0.25) is 0 Å². The number of allylic oxidation sites excluding steroid dienone is 4. The molecule has 9 nitrogen and oxygen atoms in total. The summed E-state index contributed by atoms with van der Waals surface area (Å²) < 4.78 is 33.5. The van der Waals surface area contributed by atoms with Gasteiger partial charge in [0.1, 0.15) is 12.2 Å². The van der Waals surface area contributed by atoms with Gasteiger partial charge >= 0.3 is 13.8 Å². The van der Waals surface area contributed by atoms with Crippen molar-refractivity contribution in [2.75, 3.05) is 33.0 Å². The van der Waals surface area contributed by atoms with Gasteiger partial charge in [0.05, 0.1) is 26.4 Å². The lowest BCUT2D eigenvalue weighted by molar-refractivity contribution is -0.154. The standard InChI is InChI=1S/C50H97O9P/c1-3-5-7-9-11-13-15-17-19-21-22-23-24-25-26-27-29-31-33-35-37-39-41-43-56-46-49(47-58-60(54,55)57-45-48(52)44-51)59-50(53)42-40-38-36-34-32-30-28-20-18-16-14-12-10-8-6-4-2/h14,16,20,28,48-49,51-52H,3-13,15,17-19,21-27,29-47H2,1-2H3,(H,54,55)/b16-14-,28-20-. The molecule has 0 bridgehead atoms. The fraction of sp³-hybridized carbons (Fsp3) is 0.900. The molecule has 0 aromatic heterocycles. The van der Waals surface area contributed by atoms with E-state index in [0.717, 1.165) is 51.4 Å². The van der Waals surface area contributed by atoms with E-state index in [4.69, 9.17) is 23.6 Å². The Morgan fingerprint density at radius 1 is 0.517 bits per heavy atom. The Balaban J connectivity index is 4.03. The van der Waals surface area contributed by atoms with Crippen molar-refractivity contribution in [3.8, 4) is 0 Å². The summed E-state index contributed by atoms with van der Waals surface area (Å²) in [7, 11) is -4.52. The summed E-state index contributed by atoms with van der Waals surface area (Å²) in [6.45, 7) is 3.54. The average molecular weight is 873 g/mol. The highest BCUT2D eigenvalue weighted by atomic mass is 31.2. The maximum absolute atomic E-state index is 12.7. The maximum atomic E-state index is 12.7. The van der Waals surface area contributed by atoms with E-state index in [9.17, 15) is 19.4 Å². The van der Waals surface area contributed by atoms with E-state index in [0.29, 0.717) is 13.0 Å². The first kappa shape index (κ1) is 58.9. The van der Waals surface area contributed by atoms with Crippen LogP contribution in [0.4, 0.5) is 0 Å². The Hall–Kier alpha value is -1.06. The minimum absolute atomic E-state index is 0.0482. The number of aliphatic hydroxyl groups is 2. The first-order valence-corrected chi connectivity index (χ1v) is 26.8. The summed E-state index contributed by atoms with van der Waals surface area (Å²) >= 11 is 0. The smallest absolute Gasteiger partial charge is 0.457 e. The van der Waals surface area contributed by atoms with Crippen LogP contribution < -0.4 is 0 Å². The second-order valence-corrected chi connectivity index (χ2v) is 18.6. The second-order valence-electron chi connectivity index (χ2n) is 17.2. The minimum Gasteiger partial charge on any atom is -0.457 e. The molecule has 0 aromatic carbocycles. The molecule has 0 spiro atoms. The SMILES string of the molecule is CCCCCC/C=C\C/C=C\CCCCCCCC(=O)OC(COCCCCCCCCCCCCCCCCCCCCCCCCC)COP(=O)(O)OCC(O)CO. The molecule has 3 N–H and O–H groups in total. The number of carbonyl (C=O) groups excluding carboxylic acids is 1. The molecule has 0 heterocycles. The summed E-state index contributed by atoms with van der Waals surface area (Å²) in [5, 5.41) is 18.4. The lowest BCUT2D eigenvalue weighted by Gasteiger charge is -2.20. The van der Waals surface area contributed by atoms with Crippen LogP contribution in [0, 0.1) is 0 Å². The third-order valence-electron chi connectivity index (χ3n) is 11.1. The Kier molecular flexibility index (Phi) is 46.6. The van der Waals surface area contributed by atoms with Crippen LogP contribution in [-0.4, -0.2) is 66.3 Å². The van der Waals surface area contributed by atoms with Gasteiger partial charge < -0.3 is 24.6 Å². The fourth-order valence-corrected chi connectivity index (χ4v) is 8.06. The van der Waals surface area contributed by atoms with E-state index >= 15 is 0 Å². The molecule has 0 amide bonds. The van der Waals surface area contributed by atoms with Crippen LogP contribution in [0.25, 0.3) is 0 Å². The van der Waals surface area contributed by atoms with Gasteiger partial charge in [-0.1, -0.05) is 218 Å². The Labute approximate surface area is 370 Å². The normalized spacial score (nSPS) is 14.0. The third kappa shape index (κ3) is 46.4. The van der Waals surface area contributed by atoms with Crippen LogP contribution in [-0.2, 0) is 27.9 Å². The quantitative estimate of drug-likeness (QED) is 0.0237. The van der Waals surface area contributed by atoms with Crippen LogP contribution in [0.1, 0.15) is 245 Å². The highest BCUT2D eigenvalue weighted by molar-refractivity contribution is 7.47. The molecule has 3 atom stereocenters. The molecule has 0 aromatic rings. The summed E-state index contributed by atoms with van der Waals surface area (Å²) in [6.07, 6.45) is 51.5. The van der Waals surface area contributed by atoms with E-state index in [2.05, 4.69) is 38.2 Å². The molecule has 0 radical (unpaired) electrons. The number of hydrogen-bond donors (Lipinski definition) is 3. The van der Waals surface area contributed by atoms with Crippen molar-refractivity contribution in [3.63, 3.8) is 0 Å². The van der Waals surface area contributed by atoms with Gasteiger partial charge in [-0.15, -0.1) is 0 Å². The number of esters is 1. The molecule has 0 fully saturated rings. The highest BCUT2D eigenvalue weighted by Gasteiger charge is 2.26. The zero-order valence-corrected chi connectivity index (χ0v) is 40.1. The molecule has 0 saturated carbocycles. The lowest BCUT2D eigenvalue weighted by Crippen LogP contribution is -2.29. The summed E-state index contributed by atoms with van der Waals surface area (Å²) in [5.41, 5.74) is 0. The molecule has 60 heavy (non-hydrogen) atoms. The van der Waals surface area contributed by atoms with Crippen molar-refractivity contribution in [1.29, 1.82) is 0 Å². The van der Waals surface area contributed by atoms with Gasteiger partial charge in [-0.3, -0.25) is 13.8 Å². The van der Waals surface area contributed by atoms with Gasteiger partial charge in [0.25, 0.3) is 0 Å². The van der Waals surface area contributed by atoms with E-state index in [-0.39, 0.29) is 19.6 Å². The number of ether oxygens (including phenoxy) is 2. The van der Waals surface area contributed by atoms with Crippen LogP contribution in [0.3, 0.4) is 0 Å². The number of aliphatic hydroxyl groups excluding tert-OH is 2. The summed E-state index contributed by atoms with van der Waals surface area (Å²) in [6, 6.07) is 0. The van der Waals surface area contributed by atoms with Crippen LogP contribution >= 0.6 is 7.82 Å². The number of hydrogen-bond acceptors (Lipinski definition) is 8. The zero-order valence-electron chi connectivity index (χ0n) is 39.2. The third-order valence-corrected chi connectivity index (χ3v) is 12.1. The molecule has 3 unspecified atom stereocenters. The van der Waals surface area contributed by atoms with Gasteiger partial charge in [0.2, 0.25) is 0 Å². The van der Waals surface area contributed by atoms with Gasteiger partial charge in [-0.2, -0.15) is 0 Å². The predicted molar refractivity (Wildman–Crippen MR) is 251 cm³/mol. The Bertz CT molecular complexity index is 991. The van der Waals surface area contributed by atoms with Crippen molar-refractivity contribution in [2.24, 2.45) is 0 Å². The number of phosphoric ester groups is 1. The Morgan fingerprint density at radius 2 is 0.900 bits per heavy atom. The number of carbonyl (C=O) groups is 1.